The topological polar surface area (TPSA) is 57.1 Å². The highest BCUT2D eigenvalue weighted by Crippen LogP contribution is 2.30. The van der Waals surface area contributed by atoms with Crippen molar-refractivity contribution in [1.29, 1.82) is 0 Å². The first-order valence-corrected chi connectivity index (χ1v) is 8.29. The van der Waals surface area contributed by atoms with E-state index in [1.165, 1.54) is 24.3 Å². The van der Waals surface area contributed by atoms with E-state index in [1.807, 2.05) is 13.8 Å². The molecule has 3 rings (SSSR count). The smallest absolute Gasteiger partial charge is 0.363 e. The van der Waals surface area contributed by atoms with Gasteiger partial charge in [-0.2, -0.15) is 0 Å². The van der Waals surface area contributed by atoms with Crippen LogP contribution in [0.3, 0.4) is 0 Å². The summed E-state index contributed by atoms with van der Waals surface area (Å²) in [5, 5.41) is 0. The summed E-state index contributed by atoms with van der Waals surface area (Å²) >= 11 is 0. The Kier molecular flexibility index (Phi) is 5.31. The molecule has 1 aliphatic rings. The quantitative estimate of drug-likeness (QED) is 0.581. The van der Waals surface area contributed by atoms with Crippen molar-refractivity contribution in [2.45, 2.75) is 13.8 Å². The second-order valence-corrected chi connectivity index (χ2v) is 5.42. The van der Waals surface area contributed by atoms with Gasteiger partial charge < -0.3 is 14.2 Å². The first-order chi connectivity index (χ1) is 12.6. The van der Waals surface area contributed by atoms with Gasteiger partial charge in [0.05, 0.1) is 13.2 Å². The van der Waals surface area contributed by atoms with Crippen molar-refractivity contribution in [2.24, 2.45) is 4.99 Å². The summed E-state index contributed by atoms with van der Waals surface area (Å²) in [6.07, 6.45) is 1.61. The molecule has 6 heteroatoms. The van der Waals surface area contributed by atoms with Crippen LogP contribution >= 0.6 is 0 Å². The number of aliphatic imine (C=N–C) groups is 1. The zero-order valence-corrected chi connectivity index (χ0v) is 14.5. The fourth-order valence-electron chi connectivity index (χ4n) is 2.44. The van der Waals surface area contributed by atoms with Crippen molar-refractivity contribution in [1.82, 2.24) is 0 Å². The van der Waals surface area contributed by atoms with Gasteiger partial charge in [0.15, 0.2) is 17.2 Å². The third-order valence-electron chi connectivity index (χ3n) is 3.58. The number of hydrogen-bond donors (Lipinski definition) is 0. The van der Waals surface area contributed by atoms with Gasteiger partial charge in [0, 0.05) is 5.56 Å². The maximum Gasteiger partial charge on any atom is 0.363 e. The maximum atomic E-state index is 13.0. The molecule has 0 fully saturated rings. The highest BCUT2D eigenvalue weighted by molar-refractivity contribution is 6.12. The summed E-state index contributed by atoms with van der Waals surface area (Å²) in [4.78, 5) is 16.3. The summed E-state index contributed by atoms with van der Waals surface area (Å²) in [5.74, 6) is 0.458. The fraction of sp³-hybridized carbons (Fsp3) is 0.200. The highest BCUT2D eigenvalue weighted by atomic mass is 19.1. The van der Waals surface area contributed by atoms with Crippen molar-refractivity contribution < 1.29 is 23.4 Å². The summed E-state index contributed by atoms with van der Waals surface area (Å²) in [6, 6.07) is 11.0. The van der Waals surface area contributed by atoms with Crippen molar-refractivity contribution in [2.75, 3.05) is 13.2 Å². The van der Waals surface area contributed by atoms with Crippen LogP contribution in [0.15, 0.2) is 53.2 Å². The number of benzene rings is 2. The number of ether oxygens (including phenoxy) is 3. The average Bonchev–Trinajstić information content (AvgIpc) is 2.99. The Labute approximate surface area is 150 Å². The van der Waals surface area contributed by atoms with Crippen LogP contribution in [0, 0.1) is 5.82 Å². The van der Waals surface area contributed by atoms with Gasteiger partial charge in [-0.25, -0.2) is 14.2 Å². The largest absolute Gasteiger partial charge is 0.490 e. The van der Waals surface area contributed by atoms with Gasteiger partial charge in [0.25, 0.3) is 0 Å². The predicted octanol–water partition coefficient (Wildman–Crippen LogP) is 3.97. The van der Waals surface area contributed by atoms with E-state index in [9.17, 15) is 9.18 Å². The van der Waals surface area contributed by atoms with Gasteiger partial charge in [-0.1, -0.05) is 6.07 Å². The zero-order valence-electron chi connectivity index (χ0n) is 14.5. The van der Waals surface area contributed by atoms with Gasteiger partial charge in [-0.15, -0.1) is 0 Å². The number of carbonyl (C=O) groups is 1. The van der Waals surface area contributed by atoms with Crippen LogP contribution < -0.4 is 9.47 Å². The Bertz CT molecular complexity index is 872. The molecule has 0 radical (unpaired) electrons. The molecule has 0 unspecified atom stereocenters. The van der Waals surface area contributed by atoms with E-state index in [0.717, 1.165) is 5.56 Å². The lowest BCUT2D eigenvalue weighted by atomic mass is 10.1. The van der Waals surface area contributed by atoms with Crippen LogP contribution in [0.4, 0.5) is 4.39 Å². The second kappa shape index (κ2) is 7.82. The lowest BCUT2D eigenvalue weighted by molar-refractivity contribution is -0.129. The Hall–Kier alpha value is -3.15. The molecule has 0 saturated heterocycles. The summed E-state index contributed by atoms with van der Waals surface area (Å²) in [5.41, 5.74) is 1.42. The van der Waals surface area contributed by atoms with Crippen molar-refractivity contribution in [3.05, 3.63) is 65.1 Å². The van der Waals surface area contributed by atoms with E-state index in [0.29, 0.717) is 30.3 Å². The van der Waals surface area contributed by atoms with E-state index in [-0.39, 0.29) is 17.4 Å². The molecule has 1 heterocycles. The van der Waals surface area contributed by atoms with Crippen LogP contribution in [0.2, 0.25) is 0 Å². The highest BCUT2D eigenvalue weighted by Gasteiger charge is 2.24. The molecule has 2 aromatic carbocycles. The molecule has 2 aromatic rings. The molecule has 26 heavy (non-hydrogen) atoms. The molecular formula is C20H18FNO4. The molecule has 0 aromatic heterocycles. The third kappa shape index (κ3) is 3.91. The van der Waals surface area contributed by atoms with Gasteiger partial charge in [0.2, 0.25) is 5.90 Å². The lowest BCUT2D eigenvalue weighted by Crippen LogP contribution is -2.05. The number of hydrogen-bond acceptors (Lipinski definition) is 5. The number of nitrogens with zero attached hydrogens (tertiary/aromatic N) is 1. The number of esters is 1. The molecule has 0 aliphatic carbocycles. The van der Waals surface area contributed by atoms with Crippen molar-refractivity contribution in [3.63, 3.8) is 0 Å². The molecule has 0 saturated carbocycles. The minimum Gasteiger partial charge on any atom is -0.490 e. The summed E-state index contributed by atoms with van der Waals surface area (Å²) in [7, 11) is 0. The molecule has 0 spiro atoms. The normalized spacial score (nSPS) is 15.0. The first kappa shape index (κ1) is 17.7. The Morgan fingerprint density at radius 3 is 2.42 bits per heavy atom. The minimum atomic E-state index is -0.559. The Morgan fingerprint density at radius 1 is 1.04 bits per heavy atom. The molecular weight excluding hydrogens is 337 g/mol. The van der Waals surface area contributed by atoms with Crippen LogP contribution in [-0.4, -0.2) is 25.1 Å². The monoisotopic (exact) mass is 355 g/mol. The Morgan fingerprint density at radius 2 is 1.73 bits per heavy atom. The van der Waals surface area contributed by atoms with Crippen LogP contribution in [0.25, 0.3) is 6.08 Å². The van der Waals surface area contributed by atoms with Gasteiger partial charge in [-0.05, 0) is 61.9 Å². The fourth-order valence-corrected chi connectivity index (χ4v) is 2.44. The van der Waals surface area contributed by atoms with E-state index >= 15 is 0 Å². The van der Waals surface area contributed by atoms with Crippen LogP contribution in [0.5, 0.6) is 11.5 Å². The van der Waals surface area contributed by atoms with Gasteiger partial charge >= 0.3 is 5.97 Å². The molecule has 5 nitrogen and oxygen atoms in total. The number of cyclic esters (lactones) is 1. The third-order valence-corrected chi connectivity index (χ3v) is 3.58. The molecule has 0 atom stereocenters. The van der Waals surface area contributed by atoms with Crippen LogP contribution in [0.1, 0.15) is 25.0 Å². The van der Waals surface area contributed by atoms with Crippen LogP contribution in [-0.2, 0) is 9.53 Å². The van der Waals surface area contributed by atoms with Gasteiger partial charge in [-0.3, -0.25) is 0 Å². The molecule has 0 amide bonds. The standard InChI is InChI=1S/C20H18FNO4/c1-3-24-17-10-5-13(12-18(17)25-4-2)11-16-20(23)26-19(22-16)14-6-8-15(21)9-7-14/h5-12H,3-4H2,1-2H3/b16-11-. The van der Waals surface area contributed by atoms with E-state index in [4.69, 9.17) is 14.2 Å². The minimum absolute atomic E-state index is 0.150. The molecule has 134 valence electrons. The van der Waals surface area contributed by atoms with E-state index < -0.39 is 5.97 Å². The SMILES string of the molecule is CCOc1ccc(/C=C2\N=C(c3ccc(F)cc3)OC2=O)cc1OCC. The predicted molar refractivity (Wildman–Crippen MR) is 95.8 cm³/mol. The molecule has 0 N–H and O–H groups in total. The summed E-state index contributed by atoms with van der Waals surface area (Å²) < 4.78 is 29.3. The number of rotatable bonds is 6. The molecule has 1 aliphatic heterocycles. The number of halogens is 1. The van der Waals surface area contributed by atoms with Gasteiger partial charge in [0.1, 0.15) is 5.82 Å². The lowest BCUT2D eigenvalue weighted by Gasteiger charge is -2.11. The van der Waals surface area contributed by atoms with Crippen molar-refractivity contribution >= 4 is 17.9 Å². The van der Waals surface area contributed by atoms with Crippen molar-refractivity contribution in [3.8, 4) is 11.5 Å². The zero-order chi connectivity index (χ0) is 18.5. The Balaban J connectivity index is 1.90. The maximum absolute atomic E-state index is 13.0. The molecule has 0 bridgehead atoms. The van der Waals surface area contributed by atoms with E-state index in [2.05, 4.69) is 4.99 Å². The summed E-state index contributed by atoms with van der Waals surface area (Å²) in [6.45, 7) is 4.80. The average molecular weight is 355 g/mol. The second-order valence-electron chi connectivity index (χ2n) is 5.42. The first-order valence-electron chi connectivity index (χ1n) is 8.29. The van der Waals surface area contributed by atoms with E-state index in [1.54, 1.807) is 24.3 Å². The number of carbonyl (C=O) groups excluding carboxylic acids is 1.